The molecule has 1 N–H and O–H groups in total. The fourth-order valence-corrected chi connectivity index (χ4v) is 3.95. The molecule has 1 amide bonds. The molecule has 1 heterocycles. The number of halogens is 1. The number of hydrogen-bond donors (Lipinski definition) is 1. The van der Waals surface area contributed by atoms with E-state index in [0.717, 1.165) is 56.6 Å². The summed E-state index contributed by atoms with van der Waals surface area (Å²) in [5.74, 6) is 0.629. The van der Waals surface area contributed by atoms with Crippen LogP contribution in [-0.4, -0.2) is 37.0 Å². The molecule has 1 aliphatic carbocycles. The number of nitrogens with zero attached hydrogens (tertiary/aromatic N) is 1. The molecule has 2 fully saturated rings. The van der Waals surface area contributed by atoms with Gasteiger partial charge in [-0.1, -0.05) is 30.3 Å². The van der Waals surface area contributed by atoms with Gasteiger partial charge in [0.2, 0.25) is 0 Å². The summed E-state index contributed by atoms with van der Waals surface area (Å²) in [5.41, 5.74) is 2.36. The van der Waals surface area contributed by atoms with Gasteiger partial charge in [-0.2, -0.15) is 0 Å². The highest BCUT2D eigenvalue weighted by molar-refractivity contribution is 5.78. The van der Waals surface area contributed by atoms with E-state index in [1.165, 1.54) is 17.7 Å². The average molecular weight is 382 g/mol. The second-order valence-corrected chi connectivity index (χ2v) is 7.88. The number of carbonyl (C=O) groups is 1. The lowest BCUT2D eigenvalue weighted by Gasteiger charge is -2.19. The number of likely N-dealkylation sites (tertiary alicyclic amines) is 1. The van der Waals surface area contributed by atoms with E-state index in [4.69, 9.17) is 4.74 Å². The summed E-state index contributed by atoms with van der Waals surface area (Å²) < 4.78 is 19.0. The summed E-state index contributed by atoms with van der Waals surface area (Å²) in [6.07, 6.45) is 4.41. The Labute approximate surface area is 165 Å². The van der Waals surface area contributed by atoms with E-state index in [9.17, 15) is 9.18 Å². The first-order chi connectivity index (χ1) is 13.7. The van der Waals surface area contributed by atoms with Crippen LogP contribution in [0.2, 0.25) is 0 Å². The van der Waals surface area contributed by atoms with Gasteiger partial charge < -0.3 is 15.0 Å². The highest BCUT2D eigenvalue weighted by Crippen LogP contribution is 2.47. The molecule has 0 aromatic heterocycles. The van der Waals surface area contributed by atoms with E-state index in [0.29, 0.717) is 6.54 Å². The highest BCUT2D eigenvalue weighted by Gasteiger charge is 2.43. The lowest BCUT2D eigenvalue weighted by Crippen LogP contribution is -2.32. The number of ether oxygens (including phenoxy) is 1. The van der Waals surface area contributed by atoms with Crippen molar-refractivity contribution in [2.24, 2.45) is 0 Å². The zero-order valence-corrected chi connectivity index (χ0v) is 16.1. The van der Waals surface area contributed by atoms with Crippen molar-refractivity contribution in [3.8, 4) is 5.75 Å². The molecule has 5 heteroatoms. The van der Waals surface area contributed by atoms with Crippen molar-refractivity contribution in [2.45, 2.75) is 37.6 Å². The average Bonchev–Trinajstić information content (AvgIpc) is 3.29. The second-order valence-electron chi connectivity index (χ2n) is 7.88. The van der Waals surface area contributed by atoms with Gasteiger partial charge in [-0.3, -0.25) is 4.79 Å². The van der Waals surface area contributed by atoms with E-state index in [-0.39, 0.29) is 23.7 Å². The van der Waals surface area contributed by atoms with Crippen molar-refractivity contribution in [3.63, 3.8) is 0 Å². The van der Waals surface area contributed by atoms with Crippen molar-refractivity contribution >= 4 is 5.91 Å². The molecule has 2 aromatic rings. The maximum Gasteiger partial charge on any atom is 0.260 e. The van der Waals surface area contributed by atoms with Gasteiger partial charge in [-0.05, 0) is 49.4 Å². The first-order valence-corrected chi connectivity index (χ1v) is 10.1. The molecular weight excluding hydrogens is 355 g/mol. The summed E-state index contributed by atoms with van der Waals surface area (Å²) in [6.45, 7) is 3.31. The molecule has 0 bridgehead atoms. The molecular formula is C23H27FN2O2. The van der Waals surface area contributed by atoms with Crippen LogP contribution in [0, 0.1) is 5.82 Å². The Hall–Kier alpha value is -2.40. The van der Waals surface area contributed by atoms with E-state index in [1.54, 1.807) is 0 Å². The SMILES string of the molecule is O=C(COc1ccccc1CNCC1(c2ccc(F)cc2)CC1)N1CCCC1. The molecule has 1 saturated carbocycles. The molecule has 1 saturated heterocycles. The number of nitrogens with one attached hydrogen (secondary N) is 1. The predicted octanol–water partition coefficient (Wildman–Crippen LogP) is 3.65. The molecule has 1 aliphatic heterocycles. The van der Waals surface area contributed by atoms with E-state index < -0.39 is 0 Å². The Morgan fingerprint density at radius 1 is 1.07 bits per heavy atom. The second kappa shape index (κ2) is 8.31. The third-order valence-corrected chi connectivity index (χ3v) is 5.87. The standard InChI is InChI=1S/C23H27FN2O2/c24-20-9-7-19(8-10-20)23(11-12-23)17-25-15-18-5-1-2-6-21(18)28-16-22(27)26-13-3-4-14-26/h1-2,5-10,25H,3-4,11-17H2. The Morgan fingerprint density at radius 2 is 1.79 bits per heavy atom. The minimum absolute atomic E-state index is 0.0634. The van der Waals surface area contributed by atoms with Crippen LogP contribution in [0.4, 0.5) is 4.39 Å². The number of benzene rings is 2. The van der Waals surface area contributed by atoms with Crippen LogP contribution in [0.25, 0.3) is 0 Å². The van der Waals surface area contributed by atoms with Crippen LogP contribution in [0.3, 0.4) is 0 Å². The highest BCUT2D eigenvalue weighted by atomic mass is 19.1. The summed E-state index contributed by atoms with van der Waals surface area (Å²) in [5, 5.41) is 3.53. The molecule has 2 aromatic carbocycles. The van der Waals surface area contributed by atoms with Gasteiger partial charge in [0.25, 0.3) is 5.91 Å². The fourth-order valence-electron chi connectivity index (χ4n) is 3.95. The first kappa shape index (κ1) is 18.9. The van der Waals surface area contributed by atoms with Crippen molar-refractivity contribution in [1.82, 2.24) is 10.2 Å². The van der Waals surface area contributed by atoms with Gasteiger partial charge in [0.15, 0.2) is 6.61 Å². The van der Waals surface area contributed by atoms with Gasteiger partial charge in [-0.15, -0.1) is 0 Å². The number of carbonyl (C=O) groups excluding carboxylic acids is 1. The third-order valence-electron chi connectivity index (χ3n) is 5.87. The zero-order chi connectivity index (χ0) is 19.4. The first-order valence-electron chi connectivity index (χ1n) is 10.1. The van der Waals surface area contributed by atoms with Crippen LogP contribution in [-0.2, 0) is 16.8 Å². The topological polar surface area (TPSA) is 41.6 Å². The minimum atomic E-state index is -0.193. The summed E-state index contributed by atoms with van der Waals surface area (Å²) >= 11 is 0. The van der Waals surface area contributed by atoms with E-state index >= 15 is 0 Å². The monoisotopic (exact) mass is 382 g/mol. The predicted molar refractivity (Wildman–Crippen MR) is 107 cm³/mol. The molecule has 0 spiro atoms. The Kier molecular flexibility index (Phi) is 5.62. The molecule has 4 rings (SSSR count). The number of para-hydroxylation sites is 1. The molecule has 4 nitrogen and oxygen atoms in total. The number of rotatable bonds is 8. The van der Waals surface area contributed by atoms with Crippen molar-refractivity contribution in [1.29, 1.82) is 0 Å². The molecule has 28 heavy (non-hydrogen) atoms. The van der Waals surface area contributed by atoms with E-state index in [1.807, 2.05) is 41.3 Å². The Morgan fingerprint density at radius 3 is 2.50 bits per heavy atom. The van der Waals surface area contributed by atoms with E-state index in [2.05, 4.69) is 5.32 Å². The van der Waals surface area contributed by atoms with Crippen molar-refractivity contribution in [2.75, 3.05) is 26.2 Å². The van der Waals surface area contributed by atoms with Gasteiger partial charge >= 0.3 is 0 Å². The summed E-state index contributed by atoms with van der Waals surface area (Å²) in [4.78, 5) is 14.1. The molecule has 2 aliphatic rings. The maximum absolute atomic E-state index is 13.2. The van der Waals surface area contributed by atoms with Crippen molar-refractivity contribution < 1.29 is 13.9 Å². The van der Waals surface area contributed by atoms with Crippen molar-refractivity contribution in [3.05, 3.63) is 65.5 Å². The smallest absolute Gasteiger partial charge is 0.260 e. The largest absolute Gasteiger partial charge is 0.483 e. The zero-order valence-electron chi connectivity index (χ0n) is 16.1. The van der Waals surface area contributed by atoms with Crippen LogP contribution < -0.4 is 10.1 Å². The molecule has 148 valence electrons. The summed E-state index contributed by atoms with van der Waals surface area (Å²) in [6, 6.07) is 14.7. The van der Waals surface area contributed by atoms with Crippen LogP contribution in [0.15, 0.2) is 48.5 Å². The Bertz CT molecular complexity index is 812. The lowest BCUT2D eigenvalue weighted by molar-refractivity contribution is -0.132. The van der Waals surface area contributed by atoms with Gasteiger partial charge in [0.1, 0.15) is 11.6 Å². The van der Waals surface area contributed by atoms with Crippen LogP contribution in [0.5, 0.6) is 5.75 Å². The quantitative estimate of drug-likeness (QED) is 0.758. The van der Waals surface area contributed by atoms with Crippen LogP contribution >= 0.6 is 0 Å². The third kappa shape index (κ3) is 4.36. The molecule has 0 unspecified atom stereocenters. The number of hydrogen-bond acceptors (Lipinski definition) is 3. The fraction of sp³-hybridized carbons (Fsp3) is 0.435. The van der Waals surface area contributed by atoms with Gasteiger partial charge in [0, 0.05) is 37.2 Å². The van der Waals surface area contributed by atoms with Crippen LogP contribution in [0.1, 0.15) is 36.8 Å². The molecule has 0 atom stereocenters. The lowest BCUT2D eigenvalue weighted by atomic mass is 9.96. The maximum atomic E-state index is 13.2. The minimum Gasteiger partial charge on any atom is -0.483 e. The van der Waals surface area contributed by atoms with Gasteiger partial charge in [-0.25, -0.2) is 4.39 Å². The molecule has 0 radical (unpaired) electrons. The normalized spacial score (nSPS) is 17.5. The summed E-state index contributed by atoms with van der Waals surface area (Å²) in [7, 11) is 0. The number of amides is 1. The Balaban J connectivity index is 1.31. The van der Waals surface area contributed by atoms with Gasteiger partial charge in [0.05, 0.1) is 0 Å².